The number of hydrogen-bond donors (Lipinski definition) is 2. The van der Waals surface area contributed by atoms with E-state index < -0.39 is 29.2 Å². The molecular weight excluding hydrogens is 458 g/mol. The first-order valence-electron chi connectivity index (χ1n) is 9.03. The maximum atomic E-state index is 12.7. The molecule has 2 atom stereocenters. The van der Waals surface area contributed by atoms with Crippen LogP contribution in [-0.4, -0.2) is 60.9 Å². The Bertz CT molecular complexity index is 1140. The molecule has 0 aliphatic carbocycles. The van der Waals surface area contributed by atoms with Crippen molar-refractivity contribution in [2.24, 2.45) is 0 Å². The van der Waals surface area contributed by atoms with E-state index >= 15 is 0 Å². The van der Waals surface area contributed by atoms with Crippen molar-refractivity contribution in [2.45, 2.75) is 22.7 Å². The summed E-state index contributed by atoms with van der Waals surface area (Å²) in [5.74, 6) is -1.24. The molecule has 1 aromatic heterocycles. The maximum absolute atomic E-state index is 12.7. The number of hydrogen-bond acceptors (Lipinski definition) is 9. The third kappa shape index (κ3) is 4.16. The SMILES string of the molecule is Cc1nnc(SCC2=C(C(=O)O)N3C(=O)[C@@H](NC(=O)c4ccc(C#N)cc4)[C@@H]3SC2)s1. The Hall–Kier alpha value is -2.88. The van der Waals surface area contributed by atoms with Gasteiger partial charge in [0.25, 0.3) is 11.8 Å². The summed E-state index contributed by atoms with van der Waals surface area (Å²) >= 11 is 4.23. The van der Waals surface area contributed by atoms with Crippen molar-refractivity contribution in [2.75, 3.05) is 11.5 Å². The molecule has 12 heteroatoms. The third-order valence-electron chi connectivity index (χ3n) is 4.69. The van der Waals surface area contributed by atoms with Crippen molar-refractivity contribution in [3.8, 4) is 6.07 Å². The molecule has 2 amide bonds. The van der Waals surface area contributed by atoms with Crippen molar-refractivity contribution in [1.29, 1.82) is 5.26 Å². The number of benzene rings is 1. The van der Waals surface area contributed by atoms with Gasteiger partial charge in [-0.15, -0.1) is 22.0 Å². The highest BCUT2D eigenvalue weighted by atomic mass is 32.2. The van der Waals surface area contributed by atoms with E-state index in [2.05, 4.69) is 15.5 Å². The fraction of sp³-hybridized carbons (Fsp3) is 0.263. The number of fused-ring (bicyclic) bond motifs is 1. The van der Waals surface area contributed by atoms with Gasteiger partial charge in [0, 0.05) is 17.1 Å². The molecule has 0 bridgehead atoms. The molecule has 1 fully saturated rings. The Morgan fingerprint density at radius 3 is 2.71 bits per heavy atom. The van der Waals surface area contributed by atoms with Crippen LogP contribution in [0.1, 0.15) is 20.9 Å². The van der Waals surface area contributed by atoms with Crippen LogP contribution >= 0.6 is 34.9 Å². The zero-order chi connectivity index (χ0) is 22.1. The molecule has 2 aliphatic rings. The van der Waals surface area contributed by atoms with Crippen LogP contribution in [0.3, 0.4) is 0 Å². The third-order valence-corrected chi connectivity index (χ3v) is 8.09. The number of nitrogens with one attached hydrogen (secondary N) is 1. The minimum absolute atomic E-state index is 0.0219. The standard InChI is InChI=1S/C19H15N5O4S3/c1-9-22-23-19(31-9)30-8-12-7-29-17-13(16(26)24(17)14(12)18(27)28)21-15(25)11-4-2-10(6-20)3-5-11/h2-5,13,17H,7-8H2,1H3,(H,21,25)(H,27,28)/t13-,17+/m1/s1. The molecule has 3 heterocycles. The van der Waals surface area contributed by atoms with Crippen LogP contribution in [0.25, 0.3) is 0 Å². The maximum Gasteiger partial charge on any atom is 0.352 e. The Morgan fingerprint density at radius 1 is 1.35 bits per heavy atom. The highest BCUT2D eigenvalue weighted by Crippen LogP contribution is 2.41. The van der Waals surface area contributed by atoms with E-state index in [9.17, 15) is 19.5 Å². The Morgan fingerprint density at radius 2 is 2.10 bits per heavy atom. The van der Waals surface area contributed by atoms with Gasteiger partial charge >= 0.3 is 5.97 Å². The van der Waals surface area contributed by atoms with Crippen molar-refractivity contribution in [3.05, 3.63) is 51.7 Å². The Labute approximate surface area is 189 Å². The highest BCUT2D eigenvalue weighted by molar-refractivity contribution is 8.01. The van der Waals surface area contributed by atoms with Gasteiger partial charge in [-0.05, 0) is 36.8 Å². The summed E-state index contributed by atoms with van der Waals surface area (Å²) in [6, 6.07) is 7.24. The predicted octanol–water partition coefficient (Wildman–Crippen LogP) is 1.86. The molecule has 2 aromatic rings. The van der Waals surface area contributed by atoms with Gasteiger partial charge in [0.1, 0.15) is 22.1 Å². The number of carbonyl (C=O) groups excluding carboxylic acids is 2. The number of carbonyl (C=O) groups is 3. The molecule has 0 radical (unpaired) electrons. The first-order chi connectivity index (χ1) is 14.9. The average molecular weight is 474 g/mol. The number of rotatable bonds is 6. The molecule has 158 valence electrons. The van der Waals surface area contributed by atoms with Crippen LogP contribution in [0.2, 0.25) is 0 Å². The lowest BCUT2D eigenvalue weighted by Gasteiger charge is -2.49. The molecule has 2 N–H and O–H groups in total. The second-order valence-corrected chi connectivity index (χ2v) is 10.2. The summed E-state index contributed by atoms with van der Waals surface area (Å²) in [7, 11) is 0. The number of nitriles is 1. The van der Waals surface area contributed by atoms with Crippen molar-refractivity contribution in [1.82, 2.24) is 20.4 Å². The van der Waals surface area contributed by atoms with Gasteiger partial charge in [0.2, 0.25) is 0 Å². The first-order valence-corrected chi connectivity index (χ1v) is 11.9. The molecular formula is C19H15N5O4S3. The van der Waals surface area contributed by atoms with Crippen LogP contribution in [0.5, 0.6) is 0 Å². The average Bonchev–Trinajstić information content (AvgIpc) is 3.20. The van der Waals surface area contributed by atoms with Gasteiger partial charge < -0.3 is 10.4 Å². The Kier molecular flexibility index (Phi) is 5.99. The van der Waals surface area contributed by atoms with E-state index in [1.165, 1.54) is 64.0 Å². The van der Waals surface area contributed by atoms with E-state index in [1.54, 1.807) is 0 Å². The highest BCUT2D eigenvalue weighted by Gasteiger charge is 2.54. The van der Waals surface area contributed by atoms with Gasteiger partial charge in [-0.2, -0.15) is 5.26 Å². The van der Waals surface area contributed by atoms with Crippen molar-refractivity contribution < 1.29 is 19.5 Å². The quantitative estimate of drug-likeness (QED) is 0.476. The molecule has 1 aromatic carbocycles. The van der Waals surface area contributed by atoms with E-state index in [-0.39, 0.29) is 5.70 Å². The lowest BCUT2D eigenvalue weighted by Crippen LogP contribution is -2.70. The van der Waals surface area contributed by atoms with E-state index in [4.69, 9.17) is 5.26 Å². The number of aryl methyl sites for hydroxylation is 1. The number of nitrogens with zero attached hydrogens (tertiary/aromatic N) is 4. The van der Waals surface area contributed by atoms with Crippen molar-refractivity contribution in [3.63, 3.8) is 0 Å². The molecule has 1 saturated heterocycles. The summed E-state index contributed by atoms with van der Waals surface area (Å²) < 4.78 is 0.740. The van der Waals surface area contributed by atoms with Gasteiger partial charge in [0.05, 0.1) is 11.6 Å². The smallest absolute Gasteiger partial charge is 0.352 e. The number of aromatic nitrogens is 2. The summed E-state index contributed by atoms with van der Waals surface area (Å²) in [6.45, 7) is 1.84. The second kappa shape index (κ2) is 8.70. The lowest BCUT2D eigenvalue weighted by atomic mass is 10.0. The summed E-state index contributed by atoms with van der Waals surface area (Å²) in [4.78, 5) is 38.4. The van der Waals surface area contributed by atoms with E-state index in [0.717, 1.165) is 9.35 Å². The number of thioether (sulfide) groups is 2. The normalized spacial score (nSPS) is 20.0. The fourth-order valence-corrected chi connectivity index (χ4v) is 6.50. The molecule has 4 rings (SSSR count). The number of aliphatic carboxylic acids is 1. The minimum Gasteiger partial charge on any atom is -0.477 e. The Balaban J connectivity index is 1.47. The van der Waals surface area contributed by atoms with Gasteiger partial charge in [-0.3, -0.25) is 14.5 Å². The zero-order valence-corrected chi connectivity index (χ0v) is 18.5. The zero-order valence-electron chi connectivity index (χ0n) is 16.1. The van der Waals surface area contributed by atoms with Crippen molar-refractivity contribution >= 4 is 52.6 Å². The number of carboxylic acid groups (broad SMARTS) is 1. The monoisotopic (exact) mass is 473 g/mol. The first kappa shape index (κ1) is 21.4. The molecule has 2 aliphatic heterocycles. The number of β-lactam (4-membered cyclic amide) rings is 1. The topological polar surface area (TPSA) is 136 Å². The molecule has 0 unspecified atom stereocenters. The van der Waals surface area contributed by atoms with Gasteiger partial charge in [-0.25, -0.2) is 4.79 Å². The summed E-state index contributed by atoms with van der Waals surface area (Å²) in [5, 5.41) is 29.6. The molecule has 0 spiro atoms. The predicted molar refractivity (Wildman–Crippen MR) is 116 cm³/mol. The van der Waals surface area contributed by atoms with E-state index in [1.807, 2.05) is 13.0 Å². The van der Waals surface area contributed by atoms with Crippen LogP contribution < -0.4 is 5.32 Å². The van der Waals surface area contributed by atoms with E-state index in [0.29, 0.717) is 28.2 Å². The molecule has 0 saturated carbocycles. The molecule has 31 heavy (non-hydrogen) atoms. The summed E-state index contributed by atoms with van der Waals surface area (Å²) in [5.41, 5.74) is 1.36. The van der Waals surface area contributed by atoms with Crippen LogP contribution in [0, 0.1) is 18.3 Å². The fourth-order valence-electron chi connectivity index (χ4n) is 3.20. The van der Waals surface area contributed by atoms with Crippen LogP contribution in [0.4, 0.5) is 0 Å². The van der Waals surface area contributed by atoms with Gasteiger partial charge in [-0.1, -0.05) is 23.1 Å². The van der Waals surface area contributed by atoms with Crippen LogP contribution in [0.15, 0.2) is 39.9 Å². The number of amides is 2. The molecule has 9 nitrogen and oxygen atoms in total. The minimum atomic E-state index is -1.17. The summed E-state index contributed by atoms with van der Waals surface area (Å²) in [6.07, 6.45) is 0. The van der Waals surface area contributed by atoms with Crippen LogP contribution in [-0.2, 0) is 9.59 Å². The second-order valence-electron chi connectivity index (χ2n) is 6.68. The van der Waals surface area contributed by atoms with Gasteiger partial charge in [0.15, 0.2) is 4.34 Å². The number of carboxylic acids is 1. The largest absolute Gasteiger partial charge is 0.477 e. The lowest BCUT2D eigenvalue weighted by molar-refractivity contribution is -0.148.